The summed E-state index contributed by atoms with van der Waals surface area (Å²) in [5.74, 6) is -0.212. The zero-order valence-corrected chi connectivity index (χ0v) is 18.7. The molecular weight excluding hydrogens is 450 g/mol. The molecule has 178 valence electrons. The number of amides is 1. The minimum Gasteiger partial charge on any atom is -0.508 e. The molecule has 0 aliphatic carbocycles. The molecule has 0 saturated carbocycles. The average Bonchev–Trinajstić information content (AvgIpc) is 3.33. The summed E-state index contributed by atoms with van der Waals surface area (Å²) in [6.45, 7) is 0.463. The molecule has 3 heterocycles. The Labute approximate surface area is 200 Å². The Bertz CT molecular complexity index is 1450. The van der Waals surface area contributed by atoms with Crippen molar-refractivity contribution in [2.24, 2.45) is 0 Å². The number of hydrogen-bond donors (Lipinski definition) is 3. The summed E-state index contributed by atoms with van der Waals surface area (Å²) in [7, 11) is 0. The SMILES string of the molecule is O=C(CC(c1ccc2c(c1)OCO2)c1c(O)nc2ccccn2c1=O)NCCc1ccc(O)cc1. The van der Waals surface area contributed by atoms with E-state index in [1.165, 1.54) is 4.40 Å². The van der Waals surface area contributed by atoms with Gasteiger partial charge in [0.25, 0.3) is 5.56 Å². The maximum atomic E-state index is 13.4. The number of carbonyl (C=O) groups is 1. The summed E-state index contributed by atoms with van der Waals surface area (Å²) < 4.78 is 12.2. The van der Waals surface area contributed by atoms with Crippen molar-refractivity contribution in [3.05, 3.63) is 93.9 Å². The molecule has 1 amide bonds. The topological polar surface area (TPSA) is 122 Å². The quantitative estimate of drug-likeness (QED) is 0.377. The highest BCUT2D eigenvalue weighted by atomic mass is 16.7. The third-order valence-electron chi connectivity index (χ3n) is 5.96. The monoisotopic (exact) mass is 473 g/mol. The molecule has 0 fully saturated rings. The van der Waals surface area contributed by atoms with Crippen LogP contribution in [0.1, 0.15) is 29.0 Å². The van der Waals surface area contributed by atoms with Gasteiger partial charge >= 0.3 is 0 Å². The molecule has 9 heteroatoms. The van der Waals surface area contributed by atoms with Crippen molar-refractivity contribution in [3.63, 3.8) is 0 Å². The minimum atomic E-state index is -0.768. The van der Waals surface area contributed by atoms with Gasteiger partial charge in [-0.1, -0.05) is 24.3 Å². The third-order valence-corrected chi connectivity index (χ3v) is 5.96. The second-order valence-corrected chi connectivity index (χ2v) is 8.22. The van der Waals surface area contributed by atoms with E-state index in [1.807, 2.05) is 0 Å². The highest BCUT2D eigenvalue weighted by Gasteiger charge is 2.28. The van der Waals surface area contributed by atoms with Crippen LogP contribution in [0.5, 0.6) is 23.1 Å². The molecule has 5 rings (SSSR count). The fraction of sp³-hybridized carbons (Fsp3) is 0.192. The Kier molecular flexibility index (Phi) is 5.97. The average molecular weight is 473 g/mol. The number of benzene rings is 2. The smallest absolute Gasteiger partial charge is 0.265 e. The standard InChI is InChI=1S/C26H23N3O6/c30-18-7-4-16(5-8-18)10-11-27-23(31)14-19(17-6-9-20-21(13-17)35-15-34-20)24-25(32)28-22-3-1-2-12-29(22)26(24)33/h1-9,12-13,19,30,32H,10-11,14-15H2,(H,27,31). The van der Waals surface area contributed by atoms with Crippen molar-refractivity contribution >= 4 is 11.6 Å². The van der Waals surface area contributed by atoms with Gasteiger partial charge in [-0.15, -0.1) is 0 Å². The van der Waals surface area contributed by atoms with Gasteiger partial charge in [-0.3, -0.25) is 14.0 Å². The van der Waals surface area contributed by atoms with Crippen molar-refractivity contribution in [2.75, 3.05) is 13.3 Å². The van der Waals surface area contributed by atoms with Crippen LogP contribution in [-0.4, -0.2) is 38.8 Å². The minimum absolute atomic E-state index is 0.0289. The van der Waals surface area contributed by atoms with Crippen molar-refractivity contribution in [1.29, 1.82) is 0 Å². The van der Waals surface area contributed by atoms with Gasteiger partial charge in [-0.2, -0.15) is 4.98 Å². The summed E-state index contributed by atoms with van der Waals surface area (Å²) in [6.07, 6.45) is 2.06. The van der Waals surface area contributed by atoms with Crippen molar-refractivity contribution in [1.82, 2.24) is 14.7 Å². The molecule has 1 aliphatic rings. The number of phenols is 1. The van der Waals surface area contributed by atoms with Crippen LogP contribution in [0.4, 0.5) is 0 Å². The molecule has 0 bridgehead atoms. The Balaban J connectivity index is 1.44. The molecule has 9 nitrogen and oxygen atoms in total. The van der Waals surface area contributed by atoms with E-state index < -0.39 is 17.4 Å². The zero-order valence-electron chi connectivity index (χ0n) is 18.7. The van der Waals surface area contributed by atoms with Crippen LogP contribution in [-0.2, 0) is 11.2 Å². The Hall–Kier alpha value is -4.53. The largest absolute Gasteiger partial charge is 0.508 e. The number of aromatic nitrogens is 2. The number of rotatable bonds is 7. The third kappa shape index (κ3) is 4.61. The maximum Gasteiger partial charge on any atom is 0.265 e. The summed E-state index contributed by atoms with van der Waals surface area (Å²) in [5, 5.41) is 23.0. The summed E-state index contributed by atoms with van der Waals surface area (Å²) in [4.78, 5) is 30.5. The van der Waals surface area contributed by atoms with E-state index in [1.54, 1.807) is 66.9 Å². The van der Waals surface area contributed by atoms with Gasteiger partial charge < -0.3 is 25.0 Å². The summed E-state index contributed by atoms with van der Waals surface area (Å²) >= 11 is 0. The Morgan fingerprint density at radius 3 is 2.69 bits per heavy atom. The molecule has 1 aliphatic heterocycles. The van der Waals surface area contributed by atoms with Crippen molar-refractivity contribution in [2.45, 2.75) is 18.8 Å². The van der Waals surface area contributed by atoms with Crippen LogP contribution in [0.3, 0.4) is 0 Å². The van der Waals surface area contributed by atoms with Gasteiger partial charge in [-0.25, -0.2) is 0 Å². The molecule has 0 saturated heterocycles. The predicted molar refractivity (Wildman–Crippen MR) is 127 cm³/mol. The lowest BCUT2D eigenvalue weighted by atomic mass is 9.89. The number of pyridine rings is 1. The Morgan fingerprint density at radius 1 is 1.06 bits per heavy atom. The van der Waals surface area contributed by atoms with Crippen LogP contribution in [0.15, 0.2) is 71.7 Å². The number of ether oxygens (including phenoxy) is 2. The van der Waals surface area contributed by atoms with Gasteiger partial charge in [0.05, 0.1) is 5.56 Å². The molecule has 1 atom stereocenters. The van der Waals surface area contributed by atoms with Gasteiger partial charge in [0, 0.05) is 25.1 Å². The lowest BCUT2D eigenvalue weighted by molar-refractivity contribution is -0.121. The van der Waals surface area contributed by atoms with E-state index >= 15 is 0 Å². The molecule has 2 aromatic carbocycles. The van der Waals surface area contributed by atoms with Gasteiger partial charge in [0.2, 0.25) is 18.6 Å². The summed E-state index contributed by atoms with van der Waals surface area (Å²) in [6, 6.07) is 17.0. The first-order chi connectivity index (χ1) is 17.0. The number of aromatic hydroxyl groups is 2. The lowest BCUT2D eigenvalue weighted by Crippen LogP contribution is -2.30. The second-order valence-electron chi connectivity index (χ2n) is 8.22. The van der Waals surface area contributed by atoms with Crippen molar-refractivity contribution < 1.29 is 24.5 Å². The van der Waals surface area contributed by atoms with Crippen molar-refractivity contribution in [3.8, 4) is 23.1 Å². The first kappa shape index (κ1) is 22.3. The summed E-state index contributed by atoms with van der Waals surface area (Å²) in [5.41, 5.74) is 1.47. The van der Waals surface area contributed by atoms with Crippen LogP contribution < -0.4 is 20.3 Å². The second kappa shape index (κ2) is 9.38. The van der Waals surface area contributed by atoms with E-state index in [-0.39, 0.29) is 30.4 Å². The van der Waals surface area contributed by atoms with E-state index in [4.69, 9.17) is 9.47 Å². The molecule has 3 N–H and O–H groups in total. The predicted octanol–water partition coefficient (Wildman–Crippen LogP) is 2.72. The molecule has 35 heavy (non-hydrogen) atoms. The molecule has 0 radical (unpaired) electrons. The van der Waals surface area contributed by atoms with E-state index in [0.717, 1.165) is 5.56 Å². The lowest BCUT2D eigenvalue weighted by Gasteiger charge is -2.19. The van der Waals surface area contributed by atoms with Crippen LogP contribution >= 0.6 is 0 Å². The maximum absolute atomic E-state index is 13.4. The first-order valence-electron chi connectivity index (χ1n) is 11.1. The zero-order chi connectivity index (χ0) is 24.4. The first-order valence-corrected chi connectivity index (χ1v) is 11.1. The van der Waals surface area contributed by atoms with E-state index in [2.05, 4.69) is 10.3 Å². The van der Waals surface area contributed by atoms with E-state index in [9.17, 15) is 19.8 Å². The van der Waals surface area contributed by atoms with Gasteiger partial charge in [0.1, 0.15) is 11.4 Å². The Morgan fingerprint density at radius 2 is 1.86 bits per heavy atom. The van der Waals surface area contributed by atoms with Crippen LogP contribution in [0, 0.1) is 0 Å². The highest BCUT2D eigenvalue weighted by Crippen LogP contribution is 2.38. The number of hydrogen-bond acceptors (Lipinski definition) is 7. The van der Waals surface area contributed by atoms with Crippen LogP contribution in [0.2, 0.25) is 0 Å². The van der Waals surface area contributed by atoms with Crippen LogP contribution in [0.25, 0.3) is 5.65 Å². The molecule has 2 aromatic heterocycles. The fourth-order valence-electron chi connectivity index (χ4n) is 4.18. The molecular formula is C26H23N3O6. The number of fused-ring (bicyclic) bond motifs is 2. The molecule has 0 spiro atoms. The normalized spacial score (nSPS) is 13.0. The van der Waals surface area contributed by atoms with E-state index in [0.29, 0.717) is 35.7 Å². The molecule has 4 aromatic rings. The number of nitrogens with one attached hydrogen (secondary N) is 1. The fourth-order valence-corrected chi connectivity index (χ4v) is 4.18. The number of carbonyl (C=O) groups excluding carboxylic acids is 1. The highest BCUT2D eigenvalue weighted by molar-refractivity contribution is 5.78. The molecule has 1 unspecified atom stereocenters. The number of phenolic OH excluding ortho intramolecular Hbond substituents is 1. The van der Waals surface area contributed by atoms with Gasteiger partial charge in [-0.05, 0) is 53.9 Å². The number of nitrogens with zero attached hydrogens (tertiary/aromatic N) is 2. The van der Waals surface area contributed by atoms with Gasteiger partial charge in [0.15, 0.2) is 11.5 Å².